The average Bonchev–Trinajstić information content (AvgIpc) is 3.24. The van der Waals surface area contributed by atoms with Crippen molar-refractivity contribution < 1.29 is 24.2 Å². The number of halogens is 1. The average molecular weight is 570 g/mol. The molecule has 3 aromatic rings. The van der Waals surface area contributed by atoms with Gasteiger partial charge in [-0.3, -0.25) is 4.79 Å². The molecule has 0 aliphatic carbocycles. The molecule has 2 aromatic carbocycles. The maximum absolute atomic E-state index is 15.5. The molecule has 0 saturated heterocycles. The standard InChI is InChI=1S/C31H40FN3O4S/c1-6-9-27-34-28(31(4,5)39)26(16-33-29(36)22(18-40)14-19(2)3)35(27)17-21-13-12-20(15-25(21)32)23-10-7-8-11-24(23)30(37)38/h7-8,10-13,15,19,22,39-40H,6,9,14,16-18H2,1-5H3,(H,33,36)(H,37,38)/t22-/m1/s1. The lowest BCUT2D eigenvalue weighted by molar-refractivity contribution is -0.125. The number of aromatic carboxylic acids is 1. The van der Waals surface area contributed by atoms with Crippen LogP contribution >= 0.6 is 12.6 Å². The van der Waals surface area contributed by atoms with E-state index in [0.29, 0.717) is 58.4 Å². The van der Waals surface area contributed by atoms with Crippen LogP contribution in [-0.2, 0) is 29.9 Å². The summed E-state index contributed by atoms with van der Waals surface area (Å²) < 4.78 is 17.4. The van der Waals surface area contributed by atoms with Gasteiger partial charge in [-0.1, -0.05) is 51.1 Å². The minimum Gasteiger partial charge on any atom is -0.478 e. The minimum absolute atomic E-state index is 0.0966. The zero-order valence-electron chi connectivity index (χ0n) is 23.9. The van der Waals surface area contributed by atoms with Crippen LogP contribution in [0.1, 0.15) is 80.6 Å². The highest BCUT2D eigenvalue weighted by Gasteiger charge is 2.29. The number of benzene rings is 2. The number of hydrogen-bond acceptors (Lipinski definition) is 5. The number of carboxylic acid groups (broad SMARTS) is 1. The quantitative estimate of drug-likeness (QED) is 0.194. The van der Waals surface area contributed by atoms with Gasteiger partial charge in [0, 0.05) is 23.7 Å². The molecule has 7 nitrogen and oxygen atoms in total. The molecule has 0 aliphatic rings. The number of amides is 1. The molecule has 1 aromatic heterocycles. The fourth-order valence-corrected chi connectivity index (χ4v) is 5.21. The Morgan fingerprint density at radius 1 is 1.18 bits per heavy atom. The first-order valence-electron chi connectivity index (χ1n) is 13.7. The van der Waals surface area contributed by atoms with Crippen molar-refractivity contribution >= 4 is 24.5 Å². The fourth-order valence-electron chi connectivity index (χ4n) is 4.89. The van der Waals surface area contributed by atoms with Crippen LogP contribution in [0.5, 0.6) is 0 Å². The number of carbonyl (C=O) groups is 2. The molecule has 0 unspecified atom stereocenters. The Morgan fingerprint density at radius 2 is 1.88 bits per heavy atom. The number of imidazole rings is 1. The largest absolute Gasteiger partial charge is 0.478 e. The molecule has 0 aliphatic heterocycles. The second kappa shape index (κ2) is 13.5. The van der Waals surface area contributed by atoms with Gasteiger partial charge in [-0.05, 0) is 55.9 Å². The maximum Gasteiger partial charge on any atom is 0.336 e. The molecule has 3 rings (SSSR count). The lowest BCUT2D eigenvalue weighted by Crippen LogP contribution is -2.34. The second-order valence-corrected chi connectivity index (χ2v) is 11.5. The van der Waals surface area contributed by atoms with E-state index in [4.69, 9.17) is 4.98 Å². The van der Waals surface area contributed by atoms with Crippen molar-refractivity contribution in [3.63, 3.8) is 0 Å². The molecule has 9 heteroatoms. The van der Waals surface area contributed by atoms with Gasteiger partial charge in [0.15, 0.2) is 0 Å². The number of nitrogens with zero attached hydrogens (tertiary/aromatic N) is 2. The first-order chi connectivity index (χ1) is 18.9. The number of aliphatic hydroxyl groups is 1. The SMILES string of the molecule is CCCc1nc(C(C)(C)O)c(CNC(=O)[C@@H](CS)CC(C)C)n1Cc1ccc(-c2ccccc2C(=O)O)cc1F. The molecule has 1 amide bonds. The van der Waals surface area contributed by atoms with E-state index in [9.17, 15) is 19.8 Å². The van der Waals surface area contributed by atoms with Crippen molar-refractivity contribution in [1.82, 2.24) is 14.9 Å². The summed E-state index contributed by atoms with van der Waals surface area (Å²) in [7, 11) is 0. The molecule has 0 radical (unpaired) electrons. The Balaban J connectivity index is 2.01. The Labute approximate surface area is 241 Å². The van der Waals surface area contributed by atoms with E-state index >= 15 is 4.39 Å². The Morgan fingerprint density at radius 3 is 2.45 bits per heavy atom. The van der Waals surface area contributed by atoms with Gasteiger partial charge in [0.05, 0.1) is 30.0 Å². The molecule has 0 spiro atoms. The van der Waals surface area contributed by atoms with Crippen LogP contribution in [0.25, 0.3) is 11.1 Å². The van der Waals surface area contributed by atoms with Crippen LogP contribution in [0.15, 0.2) is 42.5 Å². The van der Waals surface area contributed by atoms with E-state index in [-0.39, 0.29) is 30.5 Å². The third kappa shape index (κ3) is 7.52. The monoisotopic (exact) mass is 569 g/mol. The van der Waals surface area contributed by atoms with Crippen LogP contribution in [0.2, 0.25) is 0 Å². The number of aryl methyl sites for hydroxylation is 1. The van der Waals surface area contributed by atoms with Gasteiger partial charge in [-0.15, -0.1) is 0 Å². The van der Waals surface area contributed by atoms with Crippen LogP contribution in [-0.4, -0.2) is 37.4 Å². The van der Waals surface area contributed by atoms with Crippen LogP contribution in [0.4, 0.5) is 4.39 Å². The predicted octanol–water partition coefficient (Wildman–Crippen LogP) is 5.82. The number of thiol groups is 1. The third-order valence-corrected chi connectivity index (χ3v) is 7.27. The highest BCUT2D eigenvalue weighted by molar-refractivity contribution is 7.80. The van der Waals surface area contributed by atoms with E-state index in [1.807, 2.05) is 11.5 Å². The molecule has 1 heterocycles. The molecular formula is C31H40FN3O4S. The van der Waals surface area contributed by atoms with Gasteiger partial charge < -0.3 is 20.1 Å². The Hall–Kier alpha value is -3.17. The first-order valence-corrected chi connectivity index (χ1v) is 14.3. The van der Waals surface area contributed by atoms with Gasteiger partial charge in [0.1, 0.15) is 17.2 Å². The van der Waals surface area contributed by atoms with Gasteiger partial charge in [-0.25, -0.2) is 14.2 Å². The van der Waals surface area contributed by atoms with E-state index in [1.165, 1.54) is 12.1 Å². The van der Waals surface area contributed by atoms with Gasteiger partial charge in [-0.2, -0.15) is 12.6 Å². The van der Waals surface area contributed by atoms with Crippen molar-refractivity contribution in [3.05, 3.63) is 76.6 Å². The van der Waals surface area contributed by atoms with Gasteiger partial charge in [0.25, 0.3) is 0 Å². The zero-order chi connectivity index (χ0) is 29.6. The number of rotatable bonds is 13. The maximum atomic E-state index is 15.5. The van der Waals surface area contributed by atoms with E-state index in [0.717, 1.165) is 6.42 Å². The van der Waals surface area contributed by atoms with Crippen molar-refractivity contribution in [1.29, 1.82) is 0 Å². The van der Waals surface area contributed by atoms with Crippen LogP contribution in [0, 0.1) is 17.7 Å². The summed E-state index contributed by atoms with van der Waals surface area (Å²) in [6, 6.07) is 11.2. The zero-order valence-corrected chi connectivity index (χ0v) is 24.8. The number of nitrogens with one attached hydrogen (secondary N) is 1. The third-order valence-electron chi connectivity index (χ3n) is 6.83. The molecule has 0 fully saturated rings. The normalized spacial score (nSPS) is 12.5. The van der Waals surface area contributed by atoms with E-state index in [1.54, 1.807) is 44.2 Å². The highest BCUT2D eigenvalue weighted by Crippen LogP contribution is 2.29. The number of aromatic nitrogens is 2. The Kier molecular flexibility index (Phi) is 10.6. The van der Waals surface area contributed by atoms with Gasteiger partial charge in [0.2, 0.25) is 5.91 Å². The van der Waals surface area contributed by atoms with Crippen molar-refractivity contribution in [2.24, 2.45) is 11.8 Å². The molecule has 3 N–H and O–H groups in total. The van der Waals surface area contributed by atoms with E-state index in [2.05, 4.69) is 31.8 Å². The van der Waals surface area contributed by atoms with E-state index < -0.39 is 17.4 Å². The summed E-state index contributed by atoms with van der Waals surface area (Å²) >= 11 is 4.36. The molecule has 0 bridgehead atoms. The predicted molar refractivity (Wildman–Crippen MR) is 158 cm³/mol. The number of carbonyl (C=O) groups excluding carboxylic acids is 1. The van der Waals surface area contributed by atoms with Crippen molar-refractivity contribution in [2.75, 3.05) is 5.75 Å². The lowest BCUT2D eigenvalue weighted by atomic mass is 9.97. The summed E-state index contributed by atoms with van der Waals surface area (Å²) in [4.78, 5) is 29.4. The summed E-state index contributed by atoms with van der Waals surface area (Å²) in [6.07, 6.45) is 2.10. The van der Waals surface area contributed by atoms with Gasteiger partial charge >= 0.3 is 5.97 Å². The summed E-state index contributed by atoms with van der Waals surface area (Å²) in [5.74, 6) is -0.489. The first kappa shape index (κ1) is 31.4. The summed E-state index contributed by atoms with van der Waals surface area (Å²) in [5, 5.41) is 23.5. The smallest absolute Gasteiger partial charge is 0.336 e. The molecule has 0 saturated carbocycles. The number of hydrogen-bond donors (Lipinski definition) is 4. The topological polar surface area (TPSA) is 104 Å². The fraction of sp³-hybridized carbons (Fsp3) is 0.452. The lowest BCUT2D eigenvalue weighted by Gasteiger charge is -2.21. The van der Waals surface area contributed by atoms with Crippen LogP contribution < -0.4 is 5.32 Å². The minimum atomic E-state index is -1.28. The summed E-state index contributed by atoms with van der Waals surface area (Å²) in [5.41, 5.74) is 1.15. The molecule has 40 heavy (non-hydrogen) atoms. The highest BCUT2D eigenvalue weighted by atomic mass is 32.1. The molecular weight excluding hydrogens is 529 g/mol. The Bertz CT molecular complexity index is 1350. The van der Waals surface area contributed by atoms with Crippen molar-refractivity contribution in [2.45, 2.75) is 72.6 Å². The summed E-state index contributed by atoms with van der Waals surface area (Å²) in [6.45, 7) is 9.69. The molecule has 216 valence electrons. The molecule has 1 atom stereocenters. The van der Waals surface area contributed by atoms with Crippen molar-refractivity contribution in [3.8, 4) is 11.1 Å². The van der Waals surface area contributed by atoms with Crippen LogP contribution in [0.3, 0.4) is 0 Å². The second-order valence-electron chi connectivity index (χ2n) is 11.1. The number of carboxylic acids is 1.